The van der Waals surface area contributed by atoms with Crippen molar-refractivity contribution < 1.29 is 19.1 Å². The number of amides is 3. The van der Waals surface area contributed by atoms with Gasteiger partial charge in [0.15, 0.2) is 0 Å². The van der Waals surface area contributed by atoms with Crippen LogP contribution in [-0.2, 0) is 4.74 Å². The van der Waals surface area contributed by atoms with E-state index in [0.29, 0.717) is 16.8 Å². The molecule has 0 saturated carbocycles. The number of hydrogen-bond acceptors (Lipinski definition) is 4. The van der Waals surface area contributed by atoms with E-state index in [0.717, 1.165) is 0 Å². The molecule has 0 aliphatic carbocycles. The number of aromatic nitrogens is 1. The van der Waals surface area contributed by atoms with Crippen LogP contribution in [0, 0.1) is 0 Å². The van der Waals surface area contributed by atoms with Gasteiger partial charge in [-0.25, -0.2) is 9.59 Å². The maximum Gasteiger partial charge on any atom is 0.338 e. The lowest BCUT2D eigenvalue weighted by atomic mass is 10.1. The number of anilines is 1. The van der Waals surface area contributed by atoms with Crippen molar-refractivity contribution >= 4 is 23.7 Å². The Balaban J connectivity index is 2.42. The summed E-state index contributed by atoms with van der Waals surface area (Å²) in [5.41, 5.74) is 11.9. The van der Waals surface area contributed by atoms with Gasteiger partial charge in [-0.2, -0.15) is 0 Å². The first kappa shape index (κ1) is 16.1. The topological polar surface area (TPSA) is 140 Å². The number of rotatable bonds is 5. The number of nitrogens with two attached hydrogens (primary N) is 2. The van der Waals surface area contributed by atoms with Crippen molar-refractivity contribution in [3.8, 4) is 11.3 Å². The van der Waals surface area contributed by atoms with Gasteiger partial charge >= 0.3 is 12.0 Å². The third-order valence-electron chi connectivity index (χ3n) is 3.02. The van der Waals surface area contributed by atoms with Crippen LogP contribution >= 0.6 is 0 Å². The smallest absolute Gasteiger partial charge is 0.338 e. The molecule has 1 heterocycles. The molecule has 23 heavy (non-hydrogen) atoms. The fraction of sp³-hybridized carbons (Fsp3) is 0.133. The predicted molar refractivity (Wildman–Crippen MR) is 83.9 cm³/mol. The molecule has 1 aromatic carbocycles. The van der Waals surface area contributed by atoms with E-state index in [1.165, 1.54) is 6.07 Å². The van der Waals surface area contributed by atoms with Gasteiger partial charge in [-0.15, -0.1) is 0 Å². The minimum atomic E-state index is -0.832. The quantitative estimate of drug-likeness (QED) is 0.619. The first-order valence-corrected chi connectivity index (χ1v) is 6.79. The molecule has 2 aromatic rings. The molecule has 0 spiro atoms. The van der Waals surface area contributed by atoms with Crippen molar-refractivity contribution in [1.82, 2.24) is 4.98 Å². The van der Waals surface area contributed by atoms with Crippen molar-refractivity contribution in [3.05, 3.63) is 41.5 Å². The Morgan fingerprint density at radius 3 is 2.57 bits per heavy atom. The van der Waals surface area contributed by atoms with E-state index in [2.05, 4.69) is 10.3 Å². The lowest BCUT2D eigenvalue weighted by Crippen LogP contribution is -2.22. The van der Waals surface area contributed by atoms with E-state index in [4.69, 9.17) is 16.2 Å². The van der Waals surface area contributed by atoms with Gasteiger partial charge in [-0.3, -0.25) is 10.1 Å². The Morgan fingerprint density at radius 2 is 1.96 bits per heavy atom. The van der Waals surface area contributed by atoms with E-state index in [-0.39, 0.29) is 18.0 Å². The van der Waals surface area contributed by atoms with Gasteiger partial charge in [0.1, 0.15) is 5.82 Å². The summed E-state index contributed by atoms with van der Waals surface area (Å²) in [6.07, 6.45) is 0. The van der Waals surface area contributed by atoms with Crippen molar-refractivity contribution in [2.75, 3.05) is 11.9 Å². The number of ether oxygens (including phenoxy) is 1. The molecule has 0 aliphatic heterocycles. The second-order valence-electron chi connectivity index (χ2n) is 4.63. The van der Waals surface area contributed by atoms with E-state index < -0.39 is 17.9 Å². The van der Waals surface area contributed by atoms with Crippen LogP contribution in [0.2, 0.25) is 0 Å². The number of carbonyl (C=O) groups is 3. The number of esters is 1. The number of carbonyl (C=O) groups excluding carboxylic acids is 3. The summed E-state index contributed by atoms with van der Waals surface area (Å²) in [6.45, 7) is 1.98. The fourth-order valence-corrected chi connectivity index (χ4v) is 2.05. The van der Waals surface area contributed by atoms with Crippen LogP contribution in [0.3, 0.4) is 0 Å². The molecular formula is C15H16N4O4. The monoisotopic (exact) mass is 316 g/mol. The van der Waals surface area contributed by atoms with Crippen LogP contribution in [0.1, 0.15) is 27.6 Å². The molecule has 0 saturated heterocycles. The number of hydrogen-bond donors (Lipinski definition) is 4. The van der Waals surface area contributed by atoms with E-state index >= 15 is 0 Å². The van der Waals surface area contributed by atoms with Crippen molar-refractivity contribution in [1.29, 1.82) is 0 Å². The maximum absolute atomic E-state index is 11.8. The minimum absolute atomic E-state index is 0.0836. The van der Waals surface area contributed by atoms with E-state index in [9.17, 15) is 14.4 Å². The van der Waals surface area contributed by atoms with E-state index in [1.807, 2.05) is 0 Å². The van der Waals surface area contributed by atoms with Crippen molar-refractivity contribution in [2.45, 2.75) is 6.92 Å². The molecule has 8 nitrogen and oxygen atoms in total. The molecule has 8 heteroatoms. The van der Waals surface area contributed by atoms with Gasteiger partial charge in [0.05, 0.1) is 17.7 Å². The number of primary amides is 2. The van der Waals surface area contributed by atoms with Crippen molar-refractivity contribution in [2.24, 2.45) is 11.5 Å². The molecule has 0 bridgehead atoms. The summed E-state index contributed by atoms with van der Waals surface area (Å²) >= 11 is 0. The summed E-state index contributed by atoms with van der Waals surface area (Å²) < 4.78 is 4.94. The molecule has 0 radical (unpaired) electrons. The van der Waals surface area contributed by atoms with Crippen LogP contribution in [0.5, 0.6) is 0 Å². The Morgan fingerprint density at radius 1 is 1.22 bits per heavy atom. The maximum atomic E-state index is 11.8. The SMILES string of the molecule is CCOC(=O)c1cccc(-c2cc(C(N)=O)c(NC(N)=O)[nH]2)c1. The lowest BCUT2D eigenvalue weighted by Gasteiger charge is -2.04. The summed E-state index contributed by atoms with van der Waals surface area (Å²) in [4.78, 5) is 37.0. The number of aromatic amines is 1. The standard InChI is InChI=1S/C15H16N4O4/c1-2-23-14(21)9-5-3-4-8(6-9)11-7-10(12(16)20)13(18-11)19-15(17)22/h3-7,18H,2H2,1H3,(H2,16,20)(H3,17,19,22). The zero-order chi connectivity index (χ0) is 17.0. The molecule has 1 aromatic heterocycles. The average molecular weight is 316 g/mol. The molecule has 0 fully saturated rings. The summed E-state index contributed by atoms with van der Waals surface area (Å²) in [5.74, 6) is -1.08. The lowest BCUT2D eigenvalue weighted by molar-refractivity contribution is 0.0526. The van der Waals surface area contributed by atoms with Crippen LogP contribution in [0.15, 0.2) is 30.3 Å². The van der Waals surface area contributed by atoms with Gasteiger partial charge in [0, 0.05) is 5.69 Å². The summed E-state index contributed by atoms with van der Waals surface area (Å²) in [6, 6.07) is 7.25. The molecule has 0 aliphatic rings. The number of nitrogens with one attached hydrogen (secondary N) is 2. The Kier molecular flexibility index (Phi) is 4.65. The van der Waals surface area contributed by atoms with Crippen LogP contribution in [0.25, 0.3) is 11.3 Å². The highest BCUT2D eigenvalue weighted by Crippen LogP contribution is 2.25. The van der Waals surface area contributed by atoms with Gasteiger partial charge in [-0.05, 0) is 30.7 Å². The van der Waals surface area contributed by atoms with Gasteiger partial charge < -0.3 is 21.2 Å². The van der Waals surface area contributed by atoms with Gasteiger partial charge in [0.25, 0.3) is 5.91 Å². The van der Waals surface area contributed by atoms with E-state index in [1.54, 1.807) is 31.2 Å². The van der Waals surface area contributed by atoms with Gasteiger partial charge in [0.2, 0.25) is 0 Å². The highest BCUT2D eigenvalue weighted by atomic mass is 16.5. The molecule has 120 valence electrons. The fourth-order valence-electron chi connectivity index (χ4n) is 2.05. The number of benzene rings is 1. The molecule has 2 rings (SSSR count). The first-order chi connectivity index (χ1) is 10.9. The third-order valence-corrected chi connectivity index (χ3v) is 3.02. The Labute approximate surface area is 131 Å². The Hall–Kier alpha value is -3.29. The zero-order valence-electron chi connectivity index (χ0n) is 12.4. The molecule has 6 N–H and O–H groups in total. The Bertz CT molecular complexity index is 767. The first-order valence-electron chi connectivity index (χ1n) is 6.79. The highest BCUT2D eigenvalue weighted by Gasteiger charge is 2.16. The predicted octanol–water partition coefficient (Wildman–Crippen LogP) is 1.45. The normalized spacial score (nSPS) is 10.1. The van der Waals surface area contributed by atoms with Crippen molar-refractivity contribution in [3.63, 3.8) is 0 Å². The highest BCUT2D eigenvalue weighted by molar-refractivity contribution is 6.03. The van der Waals surface area contributed by atoms with Crippen LogP contribution in [0.4, 0.5) is 10.6 Å². The zero-order valence-corrected chi connectivity index (χ0v) is 12.4. The molecular weight excluding hydrogens is 300 g/mol. The number of H-pyrrole nitrogens is 1. The van der Waals surface area contributed by atoms with Crippen LogP contribution in [-0.4, -0.2) is 29.5 Å². The average Bonchev–Trinajstić information content (AvgIpc) is 2.91. The summed E-state index contributed by atoms with van der Waals surface area (Å²) in [5, 5.41) is 2.29. The minimum Gasteiger partial charge on any atom is -0.462 e. The second-order valence-corrected chi connectivity index (χ2v) is 4.63. The molecule has 0 unspecified atom stereocenters. The molecule has 3 amide bonds. The summed E-state index contributed by atoms with van der Waals surface area (Å²) in [7, 11) is 0. The van der Waals surface area contributed by atoms with Gasteiger partial charge in [-0.1, -0.05) is 12.1 Å². The molecule has 0 atom stereocenters. The number of urea groups is 1. The largest absolute Gasteiger partial charge is 0.462 e. The van der Waals surface area contributed by atoms with Crippen LogP contribution < -0.4 is 16.8 Å². The third kappa shape index (κ3) is 3.67. The second kappa shape index (κ2) is 6.65.